The Kier molecular flexibility index (Phi) is 6.72. The molecule has 0 amide bonds. The molecule has 1 aromatic heterocycles. The Hall–Kier alpha value is -2.22. The predicted octanol–water partition coefficient (Wildman–Crippen LogP) is 4.29. The van der Waals surface area contributed by atoms with Crippen LogP contribution in [0.25, 0.3) is 5.70 Å². The number of hydrogen-bond acceptors (Lipinski definition) is 4. The third kappa shape index (κ3) is 5.66. The quantitative estimate of drug-likeness (QED) is 0.682. The number of alkyl halides is 3. The van der Waals surface area contributed by atoms with E-state index in [0.29, 0.717) is 23.2 Å². The summed E-state index contributed by atoms with van der Waals surface area (Å²) in [6.45, 7) is 4.39. The van der Waals surface area contributed by atoms with Crippen LogP contribution in [0.4, 0.5) is 24.8 Å². The van der Waals surface area contributed by atoms with Crippen molar-refractivity contribution in [1.29, 1.82) is 0 Å². The maximum atomic E-state index is 13.6. The van der Waals surface area contributed by atoms with Crippen LogP contribution in [0.1, 0.15) is 43.4 Å². The molecular formula is C20H23BClF3N4. The summed E-state index contributed by atoms with van der Waals surface area (Å²) in [5, 5.41) is 6.19. The van der Waals surface area contributed by atoms with Gasteiger partial charge in [-0.3, -0.25) is 0 Å². The van der Waals surface area contributed by atoms with Gasteiger partial charge in [-0.2, -0.15) is 13.2 Å². The SMILES string of the molecule is Bc1ccc(Nc2ncc(C(=C)NCC3CCCCC3)c(C(F)(F)F)n2)c(Cl)c1. The monoisotopic (exact) mass is 422 g/mol. The van der Waals surface area contributed by atoms with Crippen LogP contribution in [0, 0.1) is 5.92 Å². The molecule has 1 aliphatic rings. The lowest BCUT2D eigenvalue weighted by atomic mass is 9.89. The Morgan fingerprint density at radius 1 is 1.24 bits per heavy atom. The first-order valence-electron chi connectivity index (χ1n) is 9.64. The van der Waals surface area contributed by atoms with Crippen LogP contribution in [0.5, 0.6) is 0 Å². The van der Waals surface area contributed by atoms with Crippen LogP contribution in [-0.2, 0) is 6.18 Å². The van der Waals surface area contributed by atoms with Crippen LogP contribution in [0.3, 0.4) is 0 Å². The second-order valence-corrected chi connectivity index (χ2v) is 7.83. The summed E-state index contributed by atoms with van der Waals surface area (Å²) in [5.74, 6) is 0.285. The number of nitrogens with zero attached hydrogens (tertiary/aromatic N) is 2. The molecule has 0 spiro atoms. The van der Waals surface area contributed by atoms with Gasteiger partial charge in [0.1, 0.15) is 7.85 Å². The van der Waals surface area contributed by atoms with E-state index >= 15 is 0 Å². The van der Waals surface area contributed by atoms with Gasteiger partial charge in [-0.25, -0.2) is 9.97 Å². The first kappa shape index (κ1) is 21.5. The Labute approximate surface area is 174 Å². The summed E-state index contributed by atoms with van der Waals surface area (Å²) in [4.78, 5) is 7.76. The zero-order valence-electron chi connectivity index (χ0n) is 16.2. The van der Waals surface area contributed by atoms with Crippen molar-refractivity contribution in [3.63, 3.8) is 0 Å². The number of halogens is 4. The lowest BCUT2D eigenvalue weighted by Crippen LogP contribution is -2.25. The molecule has 4 nitrogen and oxygen atoms in total. The fourth-order valence-electron chi connectivity index (χ4n) is 3.47. The zero-order chi connectivity index (χ0) is 21.0. The van der Waals surface area contributed by atoms with Crippen LogP contribution in [-0.4, -0.2) is 24.4 Å². The number of anilines is 2. The van der Waals surface area contributed by atoms with Crippen LogP contribution >= 0.6 is 11.6 Å². The molecule has 154 valence electrons. The number of benzene rings is 1. The number of rotatable bonds is 6. The molecule has 1 fully saturated rings. The van der Waals surface area contributed by atoms with Gasteiger partial charge in [0, 0.05) is 24.0 Å². The van der Waals surface area contributed by atoms with E-state index in [0.717, 1.165) is 37.3 Å². The van der Waals surface area contributed by atoms with E-state index in [2.05, 4.69) is 27.2 Å². The van der Waals surface area contributed by atoms with Crippen molar-refractivity contribution in [1.82, 2.24) is 15.3 Å². The molecular weight excluding hydrogens is 400 g/mol. The largest absolute Gasteiger partial charge is 0.434 e. The van der Waals surface area contributed by atoms with Gasteiger partial charge in [-0.05, 0) is 30.9 Å². The van der Waals surface area contributed by atoms with Crippen molar-refractivity contribution in [2.75, 3.05) is 11.9 Å². The lowest BCUT2D eigenvalue weighted by Gasteiger charge is -2.23. The highest BCUT2D eigenvalue weighted by atomic mass is 35.5. The predicted molar refractivity (Wildman–Crippen MR) is 114 cm³/mol. The molecule has 3 rings (SSSR count). The van der Waals surface area contributed by atoms with Gasteiger partial charge in [0.15, 0.2) is 5.69 Å². The first-order chi connectivity index (χ1) is 13.7. The zero-order valence-corrected chi connectivity index (χ0v) is 17.0. The number of hydrogen-bond donors (Lipinski definition) is 2. The Morgan fingerprint density at radius 3 is 2.62 bits per heavy atom. The molecule has 9 heteroatoms. The molecule has 2 aromatic rings. The molecule has 0 saturated heterocycles. The maximum absolute atomic E-state index is 13.6. The van der Waals surface area contributed by atoms with E-state index < -0.39 is 11.9 Å². The molecule has 1 saturated carbocycles. The molecule has 1 aromatic carbocycles. The highest BCUT2D eigenvalue weighted by Crippen LogP contribution is 2.34. The van der Waals surface area contributed by atoms with Gasteiger partial charge >= 0.3 is 6.18 Å². The third-order valence-electron chi connectivity index (χ3n) is 5.08. The summed E-state index contributed by atoms with van der Waals surface area (Å²) in [5.41, 5.74) is 0.386. The van der Waals surface area contributed by atoms with Gasteiger partial charge in [0.2, 0.25) is 5.95 Å². The molecule has 0 unspecified atom stereocenters. The van der Waals surface area contributed by atoms with E-state index in [4.69, 9.17) is 11.6 Å². The molecule has 29 heavy (non-hydrogen) atoms. The number of aromatic nitrogens is 2. The molecule has 1 heterocycles. The first-order valence-corrected chi connectivity index (χ1v) is 10.0. The summed E-state index contributed by atoms with van der Waals surface area (Å²) in [6.07, 6.45) is 2.24. The van der Waals surface area contributed by atoms with Crippen LogP contribution in [0.15, 0.2) is 31.0 Å². The van der Waals surface area contributed by atoms with E-state index in [1.165, 1.54) is 6.42 Å². The smallest absolute Gasteiger partial charge is 0.385 e. The van der Waals surface area contributed by atoms with E-state index in [9.17, 15) is 13.2 Å². The molecule has 2 N–H and O–H groups in total. The van der Waals surface area contributed by atoms with Crippen molar-refractivity contribution in [2.45, 2.75) is 38.3 Å². The fraction of sp³-hybridized carbons (Fsp3) is 0.400. The highest BCUT2D eigenvalue weighted by molar-refractivity contribution is 6.37. The molecule has 1 aliphatic carbocycles. The van der Waals surface area contributed by atoms with Crippen molar-refractivity contribution < 1.29 is 13.2 Å². The fourth-order valence-corrected chi connectivity index (χ4v) is 3.76. The summed E-state index contributed by atoms with van der Waals surface area (Å²) >= 11 is 6.14. The normalized spacial score (nSPS) is 15.2. The van der Waals surface area contributed by atoms with Gasteiger partial charge in [-0.15, -0.1) is 0 Å². The van der Waals surface area contributed by atoms with Crippen LogP contribution < -0.4 is 16.1 Å². The lowest BCUT2D eigenvalue weighted by molar-refractivity contribution is -0.141. The second-order valence-electron chi connectivity index (χ2n) is 7.43. The minimum atomic E-state index is -4.64. The van der Waals surface area contributed by atoms with Gasteiger partial charge in [0.25, 0.3) is 0 Å². The minimum Gasteiger partial charge on any atom is -0.385 e. The molecule has 0 bridgehead atoms. The average Bonchev–Trinajstić information content (AvgIpc) is 2.68. The molecule has 0 aliphatic heterocycles. The standard InChI is InChI=1S/C20H23BClF3N4/c1-12(26-10-13-5-3-2-4-6-13)15-11-27-19(29-18(15)20(23,24)25)28-17-8-7-14(21)9-16(17)22/h7-9,11,13,26H,1-6,10,21H2,(H,27,28,29). The summed E-state index contributed by atoms with van der Waals surface area (Å²) in [7, 11) is 1.87. The van der Waals surface area contributed by atoms with Gasteiger partial charge < -0.3 is 10.6 Å². The topological polar surface area (TPSA) is 49.8 Å². The van der Waals surface area contributed by atoms with E-state index in [1.54, 1.807) is 18.2 Å². The van der Waals surface area contributed by atoms with Crippen molar-refractivity contribution in [2.24, 2.45) is 5.92 Å². The maximum Gasteiger partial charge on any atom is 0.434 e. The minimum absolute atomic E-state index is 0.145. The second kappa shape index (κ2) is 9.07. The summed E-state index contributed by atoms with van der Waals surface area (Å²) in [6, 6.07) is 5.18. The van der Waals surface area contributed by atoms with E-state index in [-0.39, 0.29) is 17.2 Å². The Morgan fingerprint density at radius 2 is 1.97 bits per heavy atom. The van der Waals surface area contributed by atoms with Gasteiger partial charge in [-0.1, -0.05) is 49.0 Å². The molecule has 0 atom stereocenters. The Balaban J connectivity index is 1.79. The third-order valence-corrected chi connectivity index (χ3v) is 5.40. The van der Waals surface area contributed by atoms with Crippen molar-refractivity contribution >= 4 is 42.2 Å². The van der Waals surface area contributed by atoms with Crippen molar-refractivity contribution in [3.8, 4) is 0 Å². The number of nitrogens with one attached hydrogen (secondary N) is 2. The summed E-state index contributed by atoms with van der Waals surface area (Å²) < 4.78 is 40.9. The van der Waals surface area contributed by atoms with Crippen molar-refractivity contribution in [3.05, 3.63) is 47.3 Å². The van der Waals surface area contributed by atoms with Crippen LogP contribution in [0.2, 0.25) is 5.02 Å². The Bertz CT molecular complexity index is 883. The highest BCUT2D eigenvalue weighted by Gasteiger charge is 2.37. The molecule has 0 radical (unpaired) electrons. The average molecular weight is 423 g/mol. The van der Waals surface area contributed by atoms with Gasteiger partial charge in [0.05, 0.1) is 10.7 Å². The van der Waals surface area contributed by atoms with E-state index in [1.807, 2.05) is 7.85 Å².